The molecular weight excluding hydrogens is 299 g/mol. The zero-order chi connectivity index (χ0) is 17.3. The average Bonchev–Trinajstić information content (AvgIpc) is 2.45. The largest absolute Gasteiger partial charge is 0.492 e. The van der Waals surface area contributed by atoms with Crippen LogP contribution in [0.3, 0.4) is 0 Å². The molecule has 0 aliphatic carbocycles. The number of nitrogens with one attached hydrogen (secondary N) is 3. The first-order valence-electron chi connectivity index (χ1n) is 7.44. The van der Waals surface area contributed by atoms with Crippen molar-refractivity contribution in [2.24, 2.45) is 4.99 Å². The van der Waals surface area contributed by atoms with Gasteiger partial charge in [0, 0.05) is 18.7 Å². The zero-order valence-corrected chi connectivity index (χ0v) is 14.1. The Bertz CT molecular complexity index is 541. The highest BCUT2D eigenvalue weighted by Gasteiger charge is 2.13. The number of hydrogen-bond donors (Lipinski definition) is 3. The molecule has 0 bridgehead atoms. The topological polar surface area (TPSA) is 74.8 Å². The van der Waals surface area contributed by atoms with Crippen LogP contribution >= 0.6 is 0 Å². The van der Waals surface area contributed by atoms with E-state index >= 15 is 0 Å². The van der Waals surface area contributed by atoms with E-state index < -0.39 is 0 Å². The van der Waals surface area contributed by atoms with Gasteiger partial charge >= 0.3 is 0 Å². The SMILES string of the molecule is CN=C(NCCOc1cccc(F)c1)NCC(=O)NC(C)(C)C. The fraction of sp³-hybridized carbons (Fsp3) is 0.500. The van der Waals surface area contributed by atoms with Crippen molar-refractivity contribution in [3.8, 4) is 5.75 Å². The maximum absolute atomic E-state index is 13.0. The first kappa shape index (κ1) is 18.7. The van der Waals surface area contributed by atoms with Crippen LogP contribution < -0.4 is 20.7 Å². The van der Waals surface area contributed by atoms with Gasteiger partial charge in [0.1, 0.15) is 18.2 Å². The zero-order valence-electron chi connectivity index (χ0n) is 14.1. The molecule has 7 heteroatoms. The lowest BCUT2D eigenvalue weighted by Crippen LogP contribution is -2.48. The summed E-state index contributed by atoms with van der Waals surface area (Å²) in [6.45, 7) is 6.70. The van der Waals surface area contributed by atoms with Gasteiger partial charge < -0.3 is 20.7 Å². The number of ether oxygens (including phenoxy) is 1. The van der Waals surface area contributed by atoms with Gasteiger partial charge in [0.25, 0.3) is 0 Å². The van der Waals surface area contributed by atoms with E-state index in [0.717, 1.165) is 0 Å². The quantitative estimate of drug-likeness (QED) is 0.419. The number of amides is 1. The maximum atomic E-state index is 13.0. The molecule has 0 aliphatic rings. The molecule has 0 fully saturated rings. The van der Waals surface area contributed by atoms with Crippen molar-refractivity contribution >= 4 is 11.9 Å². The molecule has 3 N–H and O–H groups in total. The van der Waals surface area contributed by atoms with Gasteiger partial charge in [-0.1, -0.05) is 6.07 Å². The molecule has 1 amide bonds. The summed E-state index contributed by atoms with van der Waals surface area (Å²) in [7, 11) is 1.62. The molecule has 6 nitrogen and oxygen atoms in total. The van der Waals surface area contributed by atoms with Gasteiger partial charge in [-0.3, -0.25) is 9.79 Å². The van der Waals surface area contributed by atoms with E-state index in [1.807, 2.05) is 20.8 Å². The van der Waals surface area contributed by atoms with Gasteiger partial charge in [-0.25, -0.2) is 4.39 Å². The van der Waals surface area contributed by atoms with E-state index in [1.54, 1.807) is 19.2 Å². The molecule has 0 unspecified atom stereocenters. The number of benzene rings is 1. The highest BCUT2D eigenvalue weighted by Crippen LogP contribution is 2.11. The summed E-state index contributed by atoms with van der Waals surface area (Å²) in [6.07, 6.45) is 0. The molecule has 1 aromatic carbocycles. The number of hydrogen-bond acceptors (Lipinski definition) is 3. The van der Waals surface area contributed by atoms with Gasteiger partial charge in [-0.05, 0) is 32.9 Å². The Hall–Kier alpha value is -2.31. The first-order valence-corrected chi connectivity index (χ1v) is 7.44. The Morgan fingerprint density at radius 3 is 2.65 bits per heavy atom. The second kappa shape index (κ2) is 8.97. The lowest BCUT2D eigenvalue weighted by Gasteiger charge is -2.21. The minimum Gasteiger partial charge on any atom is -0.492 e. The Kier molecular flexibility index (Phi) is 7.31. The second-order valence-electron chi connectivity index (χ2n) is 5.96. The predicted molar refractivity (Wildman–Crippen MR) is 89.2 cm³/mol. The minimum atomic E-state index is -0.335. The fourth-order valence-electron chi connectivity index (χ4n) is 1.74. The molecule has 0 saturated carbocycles. The number of halogens is 1. The Balaban J connectivity index is 2.25. The summed E-state index contributed by atoms with van der Waals surface area (Å²) in [4.78, 5) is 15.7. The molecule has 0 heterocycles. The van der Waals surface area contributed by atoms with Crippen LogP contribution in [0.1, 0.15) is 20.8 Å². The van der Waals surface area contributed by atoms with Crippen molar-refractivity contribution in [3.05, 3.63) is 30.1 Å². The molecule has 0 saturated heterocycles. The first-order chi connectivity index (χ1) is 10.8. The van der Waals surface area contributed by atoms with E-state index in [4.69, 9.17) is 4.74 Å². The molecule has 0 aliphatic heterocycles. The highest BCUT2D eigenvalue weighted by atomic mass is 19.1. The third-order valence-electron chi connectivity index (χ3n) is 2.61. The summed E-state index contributed by atoms with van der Waals surface area (Å²) in [6, 6.07) is 5.96. The molecule has 0 aromatic heterocycles. The van der Waals surface area contributed by atoms with Crippen molar-refractivity contribution in [1.29, 1.82) is 0 Å². The molecular formula is C16H25FN4O2. The number of carbonyl (C=O) groups excluding carboxylic acids is 1. The summed E-state index contributed by atoms with van der Waals surface area (Å²) >= 11 is 0. The number of aliphatic imine (C=N–C) groups is 1. The van der Waals surface area contributed by atoms with Crippen LogP contribution in [-0.2, 0) is 4.79 Å². The number of guanidine groups is 1. The Morgan fingerprint density at radius 2 is 2.04 bits per heavy atom. The molecule has 1 aromatic rings. The third kappa shape index (κ3) is 8.65. The van der Waals surface area contributed by atoms with Crippen LogP contribution in [0.25, 0.3) is 0 Å². The van der Waals surface area contributed by atoms with Crippen molar-refractivity contribution in [1.82, 2.24) is 16.0 Å². The highest BCUT2D eigenvalue weighted by molar-refractivity contribution is 5.86. The van der Waals surface area contributed by atoms with Gasteiger partial charge in [-0.15, -0.1) is 0 Å². The molecule has 0 spiro atoms. The van der Waals surface area contributed by atoms with Gasteiger partial charge in [0.2, 0.25) is 5.91 Å². The van der Waals surface area contributed by atoms with Crippen LogP contribution in [0.2, 0.25) is 0 Å². The minimum absolute atomic E-state index is 0.114. The summed E-state index contributed by atoms with van der Waals surface area (Å²) in [5.41, 5.74) is -0.269. The van der Waals surface area contributed by atoms with Crippen LogP contribution in [0.4, 0.5) is 4.39 Å². The molecule has 0 atom stereocenters. The van der Waals surface area contributed by atoms with E-state index in [2.05, 4.69) is 20.9 Å². The van der Waals surface area contributed by atoms with E-state index in [0.29, 0.717) is 24.9 Å². The summed E-state index contributed by atoms with van der Waals surface area (Å²) < 4.78 is 18.4. The molecule has 0 radical (unpaired) electrons. The lowest BCUT2D eigenvalue weighted by molar-refractivity contribution is -0.121. The molecule has 23 heavy (non-hydrogen) atoms. The fourth-order valence-corrected chi connectivity index (χ4v) is 1.74. The lowest BCUT2D eigenvalue weighted by atomic mass is 10.1. The van der Waals surface area contributed by atoms with Crippen LogP contribution in [-0.4, -0.2) is 44.1 Å². The standard InChI is InChI=1S/C16H25FN4O2/c1-16(2,3)21-14(22)11-20-15(18-4)19-8-9-23-13-7-5-6-12(17)10-13/h5-7,10H,8-9,11H2,1-4H3,(H,21,22)(H2,18,19,20). The number of carbonyl (C=O) groups is 1. The van der Waals surface area contributed by atoms with Crippen molar-refractivity contribution in [2.45, 2.75) is 26.3 Å². The Morgan fingerprint density at radius 1 is 1.30 bits per heavy atom. The van der Waals surface area contributed by atoms with Crippen molar-refractivity contribution in [3.63, 3.8) is 0 Å². The number of rotatable bonds is 6. The smallest absolute Gasteiger partial charge is 0.239 e. The summed E-state index contributed by atoms with van der Waals surface area (Å²) in [5, 5.41) is 8.77. The van der Waals surface area contributed by atoms with E-state index in [1.165, 1.54) is 12.1 Å². The number of nitrogens with zero attached hydrogens (tertiary/aromatic N) is 1. The van der Waals surface area contributed by atoms with Crippen molar-refractivity contribution < 1.29 is 13.9 Å². The van der Waals surface area contributed by atoms with Gasteiger partial charge in [0.15, 0.2) is 5.96 Å². The van der Waals surface area contributed by atoms with Crippen LogP contribution in [0.5, 0.6) is 5.75 Å². The normalized spacial score (nSPS) is 11.8. The average molecular weight is 324 g/mol. The van der Waals surface area contributed by atoms with E-state index in [9.17, 15) is 9.18 Å². The van der Waals surface area contributed by atoms with Gasteiger partial charge in [0.05, 0.1) is 13.1 Å². The molecule has 1 rings (SSSR count). The second-order valence-corrected chi connectivity index (χ2v) is 5.96. The van der Waals surface area contributed by atoms with Gasteiger partial charge in [-0.2, -0.15) is 0 Å². The summed E-state index contributed by atoms with van der Waals surface area (Å²) in [5.74, 6) is 0.519. The van der Waals surface area contributed by atoms with Crippen molar-refractivity contribution in [2.75, 3.05) is 26.7 Å². The maximum Gasteiger partial charge on any atom is 0.239 e. The Labute approximate surface area is 136 Å². The molecule has 128 valence electrons. The predicted octanol–water partition coefficient (Wildman–Crippen LogP) is 1.28. The van der Waals surface area contributed by atoms with E-state index in [-0.39, 0.29) is 23.8 Å². The third-order valence-corrected chi connectivity index (χ3v) is 2.61. The monoisotopic (exact) mass is 324 g/mol. The van der Waals surface area contributed by atoms with Crippen LogP contribution in [0, 0.1) is 5.82 Å². The van der Waals surface area contributed by atoms with Crippen LogP contribution in [0.15, 0.2) is 29.3 Å².